The van der Waals surface area contributed by atoms with Gasteiger partial charge >= 0.3 is 7.60 Å². The van der Waals surface area contributed by atoms with Gasteiger partial charge in [0.05, 0.1) is 25.4 Å². The number of rotatable bonds is 12. The number of fused-ring (bicyclic) bond motifs is 4. The van der Waals surface area contributed by atoms with Crippen molar-refractivity contribution in [1.29, 1.82) is 0 Å². The van der Waals surface area contributed by atoms with Gasteiger partial charge in [-0.3, -0.25) is 4.57 Å². The van der Waals surface area contributed by atoms with E-state index in [9.17, 15) is 4.57 Å². The van der Waals surface area contributed by atoms with Crippen LogP contribution in [0.25, 0.3) is 0 Å². The highest BCUT2D eigenvalue weighted by atomic mass is 31.2. The summed E-state index contributed by atoms with van der Waals surface area (Å²) in [6.07, 6.45) is 3.35. The summed E-state index contributed by atoms with van der Waals surface area (Å²) in [5.74, 6) is 0.377. The quantitative estimate of drug-likeness (QED) is 0.300. The van der Waals surface area contributed by atoms with Gasteiger partial charge < -0.3 is 28.0 Å². The summed E-state index contributed by atoms with van der Waals surface area (Å²) in [6, 6.07) is 0. The van der Waals surface area contributed by atoms with Crippen molar-refractivity contribution in [2.45, 2.75) is 114 Å². The fraction of sp³-hybridized carbons (Fsp3) is 1.00. The predicted octanol–water partition coefficient (Wildman–Crippen LogP) is 3.80. The molecule has 9 atom stereocenters. The lowest BCUT2D eigenvalue weighted by molar-refractivity contribution is -0.116. The summed E-state index contributed by atoms with van der Waals surface area (Å²) < 4.78 is 51.8. The van der Waals surface area contributed by atoms with E-state index in [2.05, 4.69) is 27.5 Å². The van der Waals surface area contributed by atoms with Crippen LogP contribution in [0.15, 0.2) is 0 Å². The lowest BCUT2D eigenvalue weighted by Gasteiger charge is -2.39. The van der Waals surface area contributed by atoms with Crippen molar-refractivity contribution in [3.8, 4) is 0 Å². The van der Waals surface area contributed by atoms with Crippen LogP contribution in [0.3, 0.4) is 0 Å². The minimum absolute atomic E-state index is 0.0647. The zero-order valence-corrected chi connectivity index (χ0v) is 23.5. The molecule has 0 aliphatic carbocycles. The Hall–Kier alpha value is 0.120. The molecule has 4 aliphatic heterocycles. The van der Waals surface area contributed by atoms with E-state index in [1.807, 2.05) is 20.8 Å². The van der Waals surface area contributed by atoms with Crippen molar-refractivity contribution < 1.29 is 32.6 Å². The highest BCUT2D eigenvalue weighted by Gasteiger charge is 2.68. The fourth-order valence-electron chi connectivity index (χ4n) is 7.31. The molecule has 4 heterocycles. The average molecular weight is 498 g/mol. The summed E-state index contributed by atoms with van der Waals surface area (Å²) in [4.78, 5) is 0. The molecule has 0 amide bonds. The first kappa shape index (κ1) is 27.2. The van der Waals surface area contributed by atoms with E-state index in [-0.39, 0.29) is 47.8 Å². The van der Waals surface area contributed by atoms with Crippen LogP contribution in [-0.4, -0.2) is 81.6 Å². The van der Waals surface area contributed by atoms with Gasteiger partial charge in [-0.15, -0.1) is 0 Å². The third-order valence-electron chi connectivity index (χ3n) is 9.41. The van der Waals surface area contributed by atoms with Crippen molar-refractivity contribution in [3.05, 3.63) is 0 Å². The molecule has 4 fully saturated rings. The van der Waals surface area contributed by atoms with E-state index in [0.29, 0.717) is 13.2 Å². The zero-order chi connectivity index (χ0) is 25.0. The topological polar surface area (TPSA) is 72.5 Å². The highest BCUT2D eigenvalue weighted by molar-refractivity contribution is 7.53. The van der Waals surface area contributed by atoms with Crippen molar-refractivity contribution in [2.75, 3.05) is 26.5 Å². The van der Waals surface area contributed by atoms with Gasteiger partial charge in [0.15, 0.2) is 14.6 Å². The largest absolute Gasteiger partial charge is 0.376 e. The molecule has 10 heteroatoms. The Kier molecular flexibility index (Phi) is 7.55. The highest BCUT2D eigenvalue weighted by Crippen LogP contribution is 2.61. The van der Waals surface area contributed by atoms with Crippen LogP contribution in [0.4, 0.5) is 0 Å². The molecule has 34 heavy (non-hydrogen) atoms. The standard InChI is InChI=1S/C24H45B2O7P/c1-9-28-19-17(4)23(25-6)13-11-22(19,33-23)15-30-34(8,27)31-20-18(5)24(26-7)12-10-21(20,32-24)14-29-16(2)3/h16-20,25-26H,9-15H2,1-8H3. The Labute approximate surface area is 207 Å². The van der Waals surface area contributed by atoms with Crippen LogP contribution in [0.1, 0.15) is 60.3 Å². The van der Waals surface area contributed by atoms with Gasteiger partial charge in [0.2, 0.25) is 0 Å². The summed E-state index contributed by atoms with van der Waals surface area (Å²) >= 11 is 0. The van der Waals surface area contributed by atoms with Crippen molar-refractivity contribution in [3.63, 3.8) is 0 Å². The van der Waals surface area contributed by atoms with Crippen LogP contribution < -0.4 is 0 Å². The molecule has 0 aromatic carbocycles. The zero-order valence-electron chi connectivity index (χ0n) is 22.6. The van der Waals surface area contributed by atoms with E-state index in [1.54, 1.807) is 6.66 Å². The molecule has 4 rings (SSSR count). The average Bonchev–Trinajstić information content (AvgIpc) is 3.49. The molecule has 7 nitrogen and oxygen atoms in total. The molecular weight excluding hydrogens is 453 g/mol. The molecule has 9 unspecified atom stereocenters. The van der Waals surface area contributed by atoms with Gasteiger partial charge in [-0.2, -0.15) is 0 Å². The van der Waals surface area contributed by atoms with Gasteiger partial charge in [-0.25, -0.2) is 0 Å². The van der Waals surface area contributed by atoms with E-state index in [4.69, 9.17) is 28.0 Å². The lowest BCUT2D eigenvalue weighted by atomic mass is 9.53. The maximum Gasteiger partial charge on any atom is 0.328 e. The molecule has 0 spiro atoms. The first-order chi connectivity index (χ1) is 15.9. The molecule has 0 radical (unpaired) electrons. The summed E-state index contributed by atoms with van der Waals surface area (Å²) in [5, 5.41) is 0. The van der Waals surface area contributed by atoms with Gasteiger partial charge in [-0.05, 0) is 46.5 Å². The first-order valence-corrected chi connectivity index (χ1v) is 15.5. The Morgan fingerprint density at radius 2 is 1.47 bits per heavy atom. The number of hydrogen-bond acceptors (Lipinski definition) is 7. The molecule has 0 saturated carbocycles. The van der Waals surface area contributed by atoms with Crippen LogP contribution >= 0.6 is 7.60 Å². The van der Waals surface area contributed by atoms with Crippen LogP contribution in [0.2, 0.25) is 13.6 Å². The third kappa shape index (κ3) is 4.29. The summed E-state index contributed by atoms with van der Waals surface area (Å²) in [6.45, 7) is 17.6. The second-order valence-electron chi connectivity index (χ2n) is 11.6. The first-order valence-electron chi connectivity index (χ1n) is 13.5. The third-order valence-corrected chi connectivity index (χ3v) is 10.6. The SMILES string of the molecule is CBC12CCC(COP(C)(=O)OC3C(C)C4(BC)CCC3(COC(C)C)O4)(O1)C(OCC)C2C. The number of ether oxygens (including phenoxy) is 4. The van der Waals surface area contributed by atoms with Gasteiger partial charge in [0.1, 0.15) is 17.3 Å². The van der Waals surface area contributed by atoms with E-state index >= 15 is 0 Å². The molecule has 4 saturated heterocycles. The molecule has 0 aromatic rings. The van der Waals surface area contributed by atoms with E-state index in [1.165, 1.54) is 0 Å². The Balaban J connectivity index is 1.49. The van der Waals surface area contributed by atoms with Crippen molar-refractivity contribution in [1.82, 2.24) is 0 Å². The van der Waals surface area contributed by atoms with Crippen LogP contribution in [0.5, 0.6) is 0 Å². The molecule has 4 aliphatic rings. The molecule has 0 aromatic heterocycles. The Bertz CT molecular complexity index is 801. The maximum atomic E-state index is 13.8. The Morgan fingerprint density at radius 3 is 1.97 bits per heavy atom. The molecule has 4 bridgehead atoms. The summed E-state index contributed by atoms with van der Waals surface area (Å²) in [5.41, 5.74) is -1.58. The monoisotopic (exact) mass is 498 g/mol. The molecular formula is C24H45B2O7P. The fourth-order valence-corrected chi connectivity index (χ4v) is 8.61. The van der Waals surface area contributed by atoms with Gasteiger partial charge in [0.25, 0.3) is 0 Å². The summed E-state index contributed by atoms with van der Waals surface area (Å²) in [7, 11) is -1.56. The van der Waals surface area contributed by atoms with Crippen LogP contribution in [-0.2, 0) is 32.6 Å². The second kappa shape index (κ2) is 9.45. The van der Waals surface area contributed by atoms with Gasteiger partial charge in [0, 0.05) is 36.1 Å². The van der Waals surface area contributed by atoms with E-state index < -0.39 is 18.8 Å². The minimum atomic E-state index is -3.40. The second-order valence-corrected chi connectivity index (χ2v) is 13.6. The minimum Gasteiger partial charge on any atom is -0.376 e. The smallest absolute Gasteiger partial charge is 0.328 e. The maximum absolute atomic E-state index is 13.8. The van der Waals surface area contributed by atoms with E-state index in [0.717, 1.165) is 40.2 Å². The van der Waals surface area contributed by atoms with Crippen molar-refractivity contribution in [2.24, 2.45) is 11.8 Å². The normalized spacial score (nSPS) is 46.9. The van der Waals surface area contributed by atoms with Crippen LogP contribution in [0, 0.1) is 11.8 Å². The molecule has 0 N–H and O–H groups in total. The Morgan fingerprint density at radius 1 is 0.941 bits per heavy atom. The van der Waals surface area contributed by atoms with Crippen molar-refractivity contribution >= 4 is 22.2 Å². The van der Waals surface area contributed by atoms with Gasteiger partial charge in [-0.1, -0.05) is 27.5 Å². The predicted molar refractivity (Wildman–Crippen MR) is 137 cm³/mol. The number of hydrogen-bond donors (Lipinski definition) is 0. The molecule has 194 valence electrons. The lowest BCUT2D eigenvalue weighted by Crippen LogP contribution is -2.50.